The molecule has 2 amide bonds. The Morgan fingerprint density at radius 3 is 2.61 bits per heavy atom. The topological polar surface area (TPSA) is 155 Å². The van der Waals surface area contributed by atoms with Crippen LogP contribution in [-0.2, 0) is 14.2 Å². The maximum absolute atomic E-state index is 13.0. The molecule has 0 aliphatic carbocycles. The average molecular weight is 562 g/mol. The summed E-state index contributed by atoms with van der Waals surface area (Å²) in [6.45, 7) is 3.40. The van der Waals surface area contributed by atoms with Crippen LogP contribution in [0.3, 0.4) is 0 Å². The molecular formula is C21H25Cl2N5O7S. The number of methoxy groups -OCH3 is 1. The van der Waals surface area contributed by atoms with Gasteiger partial charge in [-0.25, -0.2) is 9.78 Å². The Hall–Kier alpha value is -2.42. The van der Waals surface area contributed by atoms with Crippen molar-refractivity contribution in [3.8, 4) is 0 Å². The number of thiazole rings is 1. The van der Waals surface area contributed by atoms with Gasteiger partial charge in [0.05, 0.1) is 42.5 Å². The van der Waals surface area contributed by atoms with Crippen LogP contribution in [0.5, 0.6) is 0 Å². The predicted octanol–water partition coefficient (Wildman–Crippen LogP) is 1.91. The molecule has 0 aromatic carbocycles. The van der Waals surface area contributed by atoms with E-state index in [4.69, 9.17) is 37.4 Å². The fourth-order valence-corrected chi connectivity index (χ4v) is 5.46. The molecule has 12 nitrogen and oxygen atoms in total. The average Bonchev–Trinajstić information content (AvgIpc) is 3.56. The molecule has 2 fully saturated rings. The minimum Gasteiger partial charge on any atom is -0.477 e. The van der Waals surface area contributed by atoms with Gasteiger partial charge >= 0.3 is 5.97 Å². The molecule has 4 rings (SSSR count). The number of hydrogen-bond acceptors (Lipinski definition) is 9. The molecule has 4 heterocycles. The lowest BCUT2D eigenvalue weighted by Gasteiger charge is -2.44. The Kier molecular flexibility index (Phi) is 8.07. The minimum atomic E-state index is -1.25. The van der Waals surface area contributed by atoms with Gasteiger partial charge in [-0.15, -0.1) is 0 Å². The summed E-state index contributed by atoms with van der Waals surface area (Å²) in [6.07, 6.45) is 0.397. The number of nitrogens with one attached hydrogen (secondary N) is 3. The van der Waals surface area contributed by atoms with E-state index in [2.05, 4.69) is 20.6 Å². The van der Waals surface area contributed by atoms with E-state index >= 15 is 0 Å². The normalized spacial score (nSPS) is 19.0. The van der Waals surface area contributed by atoms with E-state index in [1.807, 2.05) is 0 Å². The third kappa shape index (κ3) is 5.17. The number of aromatic carboxylic acids is 1. The number of rotatable bonds is 8. The number of aromatic amines is 1. The highest BCUT2D eigenvalue weighted by molar-refractivity contribution is 7.17. The van der Waals surface area contributed by atoms with E-state index in [1.54, 1.807) is 11.8 Å². The Morgan fingerprint density at radius 2 is 2.00 bits per heavy atom. The first kappa shape index (κ1) is 26.6. The van der Waals surface area contributed by atoms with Gasteiger partial charge in [0.2, 0.25) is 5.79 Å². The van der Waals surface area contributed by atoms with Gasteiger partial charge < -0.3 is 39.8 Å². The molecular weight excluding hydrogens is 537 g/mol. The summed E-state index contributed by atoms with van der Waals surface area (Å²) in [4.78, 5) is 46.1. The number of piperidine rings is 1. The maximum atomic E-state index is 13.0. The van der Waals surface area contributed by atoms with Crippen LogP contribution in [0.2, 0.25) is 10.0 Å². The molecule has 36 heavy (non-hydrogen) atoms. The Labute approximate surface area is 220 Å². The molecule has 1 unspecified atom stereocenters. The van der Waals surface area contributed by atoms with Crippen molar-refractivity contribution in [1.29, 1.82) is 0 Å². The molecule has 0 bridgehead atoms. The second-order valence-corrected chi connectivity index (χ2v) is 9.96. The molecule has 2 aromatic heterocycles. The number of nitrogens with zero attached hydrogens (tertiary/aromatic N) is 2. The van der Waals surface area contributed by atoms with Crippen LogP contribution in [0.25, 0.3) is 0 Å². The molecule has 0 saturated carbocycles. The van der Waals surface area contributed by atoms with Crippen molar-refractivity contribution < 1.29 is 33.7 Å². The van der Waals surface area contributed by atoms with Crippen LogP contribution in [0.15, 0.2) is 0 Å². The van der Waals surface area contributed by atoms with Crippen LogP contribution < -0.4 is 15.5 Å². The monoisotopic (exact) mass is 561 g/mol. The highest BCUT2D eigenvalue weighted by Gasteiger charge is 2.50. The van der Waals surface area contributed by atoms with Crippen LogP contribution in [0.4, 0.5) is 5.13 Å². The molecule has 2 saturated heterocycles. The van der Waals surface area contributed by atoms with Crippen molar-refractivity contribution in [3.63, 3.8) is 0 Å². The molecule has 0 radical (unpaired) electrons. The van der Waals surface area contributed by atoms with Gasteiger partial charge in [0.25, 0.3) is 11.8 Å². The quantitative estimate of drug-likeness (QED) is 0.353. The number of carbonyl (C=O) groups excluding carboxylic acids is 2. The molecule has 1 atom stereocenters. The summed E-state index contributed by atoms with van der Waals surface area (Å²) in [7, 11) is 1.49. The van der Waals surface area contributed by atoms with Gasteiger partial charge in [0.15, 0.2) is 10.8 Å². The Balaban J connectivity index is 1.53. The molecule has 2 aromatic rings. The number of carboxylic acids is 1. The maximum Gasteiger partial charge on any atom is 0.348 e. The number of hydrogen-bond donors (Lipinski definition) is 4. The van der Waals surface area contributed by atoms with E-state index in [1.165, 1.54) is 7.11 Å². The number of H-pyrrole nitrogens is 1. The van der Waals surface area contributed by atoms with E-state index in [9.17, 15) is 19.5 Å². The lowest BCUT2D eigenvalue weighted by Crippen LogP contribution is -2.63. The summed E-state index contributed by atoms with van der Waals surface area (Å²) in [5, 5.41) is 15.9. The van der Waals surface area contributed by atoms with E-state index in [0.29, 0.717) is 37.0 Å². The molecule has 4 N–H and O–H groups in total. The van der Waals surface area contributed by atoms with Gasteiger partial charge in [0, 0.05) is 25.9 Å². The van der Waals surface area contributed by atoms with Crippen LogP contribution in [0.1, 0.15) is 42.8 Å². The first-order valence-corrected chi connectivity index (χ1v) is 12.6. The Bertz CT molecular complexity index is 1160. The number of halogens is 2. The molecule has 1 spiro atoms. The van der Waals surface area contributed by atoms with Crippen molar-refractivity contribution in [2.24, 2.45) is 0 Å². The van der Waals surface area contributed by atoms with Crippen molar-refractivity contribution in [1.82, 2.24) is 20.6 Å². The number of aryl methyl sites for hydroxylation is 1. The molecule has 2 aliphatic heterocycles. The standard InChI is InChI=1S/C21H25Cl2N5O7S/c1-10-12(22)13(23)14(25-10)18(30)26-11-3-5-28(9-21(11)34-7-8-35-21)20-27-15(16(36-20)19(31)32)17(29)24-4-6-33-2/h11,25H,3-9H2,1-2H3,(H,24,29)(H,26,30)(H,31,32). The summed E-state index contributed by atoms with van der Waals surface area (Å²) >= 11 is 13.2. The SMILES string of the molecule is COCCNC(=O)c1nc(N2CCC(NC(=O)c3[nH]c(C)c(Cl)c3Cl)C3(C2)OCCO3)sc1C(=O)O. The lowest BCUT2D eigenvalue weighted by molar-refractivity contribution is -0.177. The van der Waals surface area contributed by atoms with Gasteiger partial charge in [0.1, 0.15) is 10.6 Å². The second kappa shape index (κ2) is 10.9. The predicted molar refractivity (Wildman–Crippen MR) is 132 cm³/mol. The largest absolute Gasteiger partial charge is 0.477 e. The zero-order valence-corrected chi connectivity index (χ0v) is 21.8. The fourth-order valence-electron chi connectivity index (χ4n) is 4.12. The van der Waals surface area contributed by atoms with Crippen LogP contribution in [-0.4, -0.2) is 91.3 Å². The molecule has 2 aliphatic rings. The lowest BCUT2D eigenvalue weighted by atomic mass is 9.97. The first-order valence-electron chi connectivity index (χ1n) is 11.1. The minimum absolute atomic E-state index is 0.131. The number of amides is 2. The van der Waals surface area contributed by atoms with E-state index < -0.39 is 29.6 Å². The molecule has 196 valence electrons. The Morgan fingerprint density at radius 1 is 1.28 bits per heavy atom. The van der Waals surface area contributed by atoms with Crippen molar-refractivity contribution >= 4 is 57.5 Å². The molecule has 15 heteroatoms. The van der Waals surface area contributed by atoms with Crippen molar-refractivity contribution in [3.05, 3.63) is 32.0 Å². The summed E-state index contributed by atoms with van der Waals surface area (Å²) in [6, 6.07) is -0.530. The van der Waals surface area contributed by atoms with Gasteiger partial charge in [-0.3, -0.25) is 9.59 Å². The summed E-state index contributed by atoms with van der Waals surface area (Å²) < 4.78 is 16.8. The summed E-state index contributed by atoms with van der Waals surface area (Å²) in [5.74, 6) is -3.50. The fraction of sp³-hybridized carbons (Fsp3) is 0.524. The smallest absolute Gasteiger partial charge is 0.348 e. The van der Waals surface area contributed by atoms with Crippen LogP contribution >= 0.6 is 34.5 Å². The third-order valence-electron chi connectivity index (χ3n) is 5.88. The van der Waals surface area contributed by atoms with Crippen molar-refractivity contribution in [2.45, 2.75) is 25.2 Å². The van der Waals surface area contributed by atoms with Crippen molar-refractivity contribution in [2.75, 3.05) is 51.5 Å². The van der Waals surface area contributed by atoms with E-state index in [-0.39, 0.29) is 46.0 Å². The van der Waals surface area contributed by atoms with E-state index in [0.717, 1.165) is 11.3 Å². The number of carbonyl (C=O) groups is 3. The van der Waals surface area contributed by atoms with Crippen LogP contribution in [0, 0.1) is 6.92 Å². The van der Waals surface area contributed by atoms with Gasteiger partial charge in [-0.2, -0.15) is 0 Å². The summed E-state index contributed by atoms with van der Waals surface area (Å²) in [5.41, 5.74) is 0.541. The number of aromatic nitrogens is 2. The zero-order chi connectivity index (χ0) is 26.0. The number of carboxylic acid groups (broad SMARTS) is 1. The van der Waals surface area contributed by atoms with Gasteiger partial charge in [-0.05, 0) is 13.3 Å². The first-order chi connectivity index (χ1) is 17.2. The zero-order valence-electron chi connectivity index (χ0n) is 19.5. The number of ether oxygens (including phenoxy) is 3. The van der Waals surface area contributed by atoms with Gasteiger partial charge in [-0.1, -0.05) is 34.5 Å². The highest BCUT2D eigenvalue weighted by atomic mass is 35.5. The third-order valence-corrected chi connectivity index (χ3v) is 7.93. The number of anilines is 1. The second-order valence-electron chi connectivity index (χ2n) is 8.23. The highest BCUT2D eigenvalue weighted by Crippen LogP contribution is 2.36.